The number of anilines is 1. The first kappa shape index (κ1) is 34.0. The van der Waals surface area contributed by atoms with Gasteiger partial charge in [-0.05, 0) is 54.3 Å². The van der Waals surface area contributed by atoms with Crippen LogP contribution in [-0.2, 0) is 26.2 Å². The molecule has 0 saturated heterocycles. The van der Waals surface area contributed by atoms with Crippen LogP contribution in [0.1, 0.15) is 32.8 Å². The molecular formula is C31H37Cl2N3O6S. The van der Waals surface area contributed by atoms with E-state index >= 15 is 0 Å². The van der Waals surface area contributed by atoms with Gasteiger partial charge in [0.25, 0.3) is 10.0 Å². The molecule has 3 rings (SSSR count). The summed E-state index contributed by atoms with van der Waals surface area (Å²) in [6.45, 7) is 5.43. The Kier molecular flexibility index (Phi) is 12.1. The number of nitrogens with one attached hydrogen (secondary N) is 1. The Morgan fingerprint density at radius 1 is 0.953 bits per heavy atom. The van der Waals surface area contributed by atoms with Crippen LogP contribution in [0.15, 0.2) is 71.6 Å². The van der Waals surface area contributed by atoms with Crippen molar-refractivity contribution in [3.8, 4) is 11.5 Å². The molecule has 12 heteroatoms. The minimum Gasteiger partial charge on any atom is -0.497 e. The number of benzene rings is 3. The number of hydrogen-bond acceptors (Lipinski definition) is 6. The molecule has 0 aliphatic carbocycles. The molecule has 1 atom stereocenters. The average molecular weight is 651 g/mol. The van der Waals surface area contributed by atoms with Crippen LogP contribution in [0, 0.1) is 5.92 Å². The third kappa shape index (κ3) is 8.55. The van der Waals surface area contributed by atoms with E-state index in [4.69, 9.17) is 32.7 Å². The fourth-order valence-electron chi connectivity index (χ4n) is 4.40. The van der Waals surface area contributed by atoms with E-state index in [0.29, 0.717) is 27.9 Å². The number of hydrogen-bond donors (Lipinski definition) is 1. The second kappa shape index (κ2) is 15.3. The van der Waals surface area contributed by atoms with Crippen molar-refractivity contribution in [3.05, 3.63) is 82.3 Å². The molecule has 9 nitrogen and oxygen atoms in total. The van der Waals surface area contributed by atoms with Crippen molar-refractivity contribution in [2.24, 2.45) is 5.92 Å². The van der Waals surface area contributed by atoms with Gasteiger partial charge in [0.05, 0.1) is 24.8 Å². The van der Waals surface area contributed by atoms with Crippen LogP contribution >= 0.6 is 23.2 Å². The third-order valence-electron chi connectivity index (χ3n) is 6.69. The van der Waals surface area contributed by atoms with E-state index in [9.17, 15) is 18.0 Å². The number of halogens is 2. The number of sulfonamides is 1. The van der Waals surface area contributed by atoms with Gasteiger partial charge in [0.2, 0.25) is 11.8 Å². The van der Waals surface area contributed by atoms with Gasteiger partial charge in [-0.15, -0.1) is 0 Å². The van der Waals surface area contributed by atoms with Crippen molar-refractivity contribution in [2.75, 3.05) is 31.6 Å². The molecule has 0 aromatic heterocycles. The maximum absolute atomic E-state index is 14.3. The van der Waals surface area contributed by atoms with Crippen molar-refractivity contribution in [1.29, 1.82) is 0 Å². The molecule has 1 N–H and O–H groups in total. The van der Waals surface area contributed by atoms with E-state index < -0.39 is 28.5 Å². The zero-order chi connectivity index (χ0) is 31.7. The fourth-order valence-corrected chi connectivity index (χ4v) is 6.31. The number of nitrogens with zero attached hydrogens (tertiary/aromatic N) is 2. The lowest BCUT2D eigenvalue weighted by atomic mass is 10.1. The monoisotopic (exact) mass is 649 g/mol. The summed E-state index contributed by atoms with van der Waals surface area (Å²) in [7, 11) is -1.44. The lowest BCUT2D eigenvalue weighted by Gasteiger charge is -2.34. The van der Waals surface area contributed by atoms with Gasteiger partial charge in [-0.3, -0.25) is 13.9 Å². The highest BCUT2D eigenvalue weighted by Crippen LogP contribution is 2.36. The summed E-state index contributed by atoms with van der Waals surface area (Å²) in [5.74, 6) is -0.223. The summed E-state index contributed by atoms with van der Waals surface area (Å²) < 4.78 is 40.0. The highest BCUT2D eigenvalue weighted by Gasteiger charge is 2.35. The molecular weight excluding hydrogens is 613 g/mol. The quantitative estimate of drug-likeness (QED) is 0.237. The Morgan fingerprint density at radius 3 is 2.23 bits per heavy atom. The number of carbonyl (C=O) groups is 2. The molecule has 3 aromatic carbocycles. The average Bonchev–Trinajstić information content (AvgIpc) is 2.99. The van der Waals surface area contributed by atoms with Crippen LogP contribution in [0.3, 0.4) is 0 Å². The van der Waals surface area contributed by atoms with Gasteiger partial charge in [-0.2, -0.15) is 0 Å². The minimum atomic E-state index is -4.29. The van der Waals surface area contributed by atoms with Crippen LogP contribution in [0.5, 0.6) is 11.5 Å². The van der Waals surface area contributed by atoms with Crippen molar-refractivity contribution in [2.45, 2.75) is 44.7 Å². The Morgan fingerprint density at radius 2 is 1.65 bits per heavy atom. The molecule has 3 aromatic rings. The number of carbonyl (C=O) groups excluding carboxylic acids is 2. The van der Waals surface area contributed by atoms with Gasteiger partial charge in [0.15, 0.2) is 0 Å². The maximum Gasteiger partial charge on any atom is 0.264 e. The maximum atomic E-state index is 14.3. The molecule has 0 spiro atoms. The molecule has 0 heterocycles. The van der Waals surface area contributed by atoms with Crippen LogP contribution in [0.2, 0.25) is 10.0 Å². The summed E-state index contributed by atoms with van der Waals surface area (Å²) >= 11 is 12.6. The molecule has 0 aliphatic rings. The molecule has 0 aliphatic heterocycles. The second-order valence-electron chi connectivity index (χ2n) is 10.2. The molecule has 43 heavy (non-hydrogen) atoms. The highest BCUT2D eigenvalue weighted by molar-refractivity contribution is 7.92. The standard InChI is InChI=1S/C31H37Cl2N3O6S/c1-6-27(31(38)34-18-21(2)3)35(19-22-12-13-23(32)16-26(22)33)30(37)20-36(43(39,40)25-10-8-7-9-11-25)28-17-24(41-4)14-15-29(28)42-5/h7-17,21,27H,6,18-20H2,1-5H3,(H,34,38)/t27-/m0/s1. The van der Waals surface area contributed by atoms with Crippen LogP contribution in [0.25, 0.3) is 0 Å². The van der Waals surface area contributed by atoms with E-state index in [1.807, 2.05) is 13.8 Å². The Balaban J connectivity index is 2.15. The normalized spacial score (nSPS) is 12.0. The fraction of sp³-hybridized carbons (Fsp3) is 0.355. The van der Waals surface area contributed by atoms with E-state index in [1.165, 1.54) is 37.3 Å². The Hall–Kier alpha value is -3.47. The first-order valence-electron chi connectivity index (χ1n) is 13.7. The Bertz CT molecular complexity index is 1520. The van der Waals surface area contributed by atoms with Crippen LogP contribution in [0.4, 0.5) is 5.69 Å². The lowest BCUT2D eigenvalue weighted by Crippen LogP contribution is -2.52. The number of methoxy groups -OCH3 is 2. The molecule has 2 amide bonds. The topological polar surface area (TPSA) is 105 Å². The zero-order valence-corrected chi connectivity index (χ0v) is 27.2. The largest absolute Gasteiger partial charge is 0.497 e. The lowest BCUT2D eigenvalue weighted by molar-refractivity contribution is -0.140. The van der Waals surface area contributed by atoms with Crippen molar-refractivity contribution in [1.82, 2.24) is 10.2 Å². The molecule has 0 unspecified atom stereocenters. The predicted octanol–water partition coefficient (Wildman–Crippen LogP) is 5.79. The summed E-state index contributed by atoms with van der Waals surface area (Å²) in [5, 5.41) is 3.62. The first-order chi connectivity index (χ1) is 20.4. The van der Waals surface area contributed by atoms with Gasteiger partial charge in [-0.25, -0.2) is 8.42 Å². The first-order valence-corrected chi connectivity index (χ1v) is 15.9. The summed E-state index contributed by atoms with van der Waals surface area (Å²) in [6, 6.07) is 16.4. The van der Waals surface area contributed by atoms with Gasteiger partial charge in [0, 0.05) is 29.2 Å². The molecule has 0 saturated carbocycles. The van der Waals surface area contributed by atoms with E-state index in [1.54, 1.807) is 55.5 Å². The predicted molar refractivity (Wildman–Crippen MR) is 169 cm³/mol. The van der Waals surface area contributed by atoms with Gasteiger partial charge < -0.3 is 19.7 Å². The summed E-state index contributed by atoms with van der Waals surface area (Å²) in [4.78, 5) is 29.0. The van der Waals surface area contributed by atoms with Gasteiger partial charge in [-0.1, -0.05) is 68.2 Å². The SMILES string of the molecule is CC[C@@H](C(=O)NCC(C)C)N(Cc1ccc(Cl)cc1Cl)C(=O)CN(c1cc(OC)ccc1OC)S(=O)(=O)c1ccccc1. The van der Waals surface area contributed by atoms with Crippen LogP contribution in [-0.4, -0.2) is 58.5 Å². The molecule has 0 fully saturated rings. The Labute approximate surface area is 263 Å². The zero-order valence-electron chi connectivity index (χ0n) is 24.8. The van der Waals surface area contributed by atoms with Crippen LogP contribution < -0.4 is 19.1 Å². The minimum absolute atomic E-state index is 0.0262. The number of rotatable bonds is 14. The summed E-state index contributed by atoms with van der Waals surface area (Å²) in [6.07, 6.45) is 0.273. The third-order valence-corrected chi connectivity index (χ3v) is 9.05. The van der Waals surface area contributed by atoms with Gasteiger partial charge in [0.1, 0.15) is 24.1 Å². The summed E-state index contributed by atoms with van der Waals surface area (Å²) in [5.41, 5.74) is 0.645. The van der Waals surface area contributed by atoms with E-state index in [2.05, 4.69) is 5.32 Å². The molecule has 0 radical (unpaired) electrons. The van der Waals surface area contributed by atoms with E-state index in [0.717, 1.165) is 4.31 Å². The van der Waals surface area contributed by atoms with Gasteiger partial charge >= 0.3 is 0 Å². The van der Waals surface area contributed by atoms with Crippen molar-refractivity contribution < 1.29 is 27.5 Å². The second-order valence-corrected chi connectivity index (χ2v) is 12.9. The smallest absolute Gasteiger partial charge is 0.264 e. The number of ether oxygens (including phenoxy) is 2. The van der Waals surface area contributed by atoms with Crippen molar-refractivity contribution >= 4 is 50.7 Å². The van der Waals surface area contributed by atoms with Crippen molar-refractivity contribution in [3.63, 3.8) is 0 Å². The molecule has 232 valence electrons. The number of amides is 2. The highest BCUT2D eigenvalue weighted by atomic mass is 35.5. The van der Waals surface area contributed by atoms with E-state index in [-0.39, 0.29) is 41.1 Å². The molecule has 0 bridgehead atoms.